The second-order valence-corrected chi connectivity index (χ2v) is 10.2. The maximum atomic E-state index is 13.2. The Labute approximate surface area is 181 Å². The van der Waals surface area contributed by atoms with Crippen LogP contribution in [0.2, 0.25) is 0 Å². The number of sulfonamides is 1. The van der Waals surface area contributed by atoms with Gasteiger partial charge in [0, 0.05) is 41.5 Å². The second-order valence-electron chi connectivity index (χ2n) is 8.26. The smallest absolute Gasteiger partial charge is 0.410 e. The molecule has 0 aliphatic carbocycles. The van der Waals surface area contributed by atoms with E-state index in [2.05, 4.69) is 22.4 Å². The Morgan fingerprint density at radius 3 is 2.28 bits per heavy atom. The van der Waals surface area contributed by atoms with Crippen molar-refractivity contribution in [2.45, 2.75) is 49.8 Å². The number of fused-ring (bicyclic) bond motifs is 3. The first-order valence-electron chi connectivity index (χ1n) is 9.32. The Bertz CT molecular complexity index is 1020. The molecular weight excluding hydrogens is 428 g/mol. The summed E-state index contributed by atoms with van der Waals surface area (Å²) in [5.41, 5.74) is -0.560. The molecule has 2 aliphatic rings. The highest BCUT2D eigenvalue weighted by Crippen LogP contribution is 2.36. The minimum atomic E-state index is -3.59. The quantitative estimate of drug-likeness (QED) is 0.697. The number of amides is 1. The summed E-state index contributed by atoms with van der Waals surface area (Å²) in [5.74, 6) is 0. The molecule has 0 aromatic heterocycles. The molecule has 0 unspecified atom stereocenters. The zero-order valence-electron chi connectivity index (χ0n) is 16.6. The van der Waals surface area contributed by atoms with E-state index in [1.54, 1.807) is 21.3 Å². The summed E-state index contributed by atoms with van der Waals surface area (Å²) in [6, 6.07) is 12.6. The van der Waals surface area contributed by atoms with E-state index in [1.165, 1.54) is 0 Å². The number of ether oxygens (including phenoxy) is 1. The van der Waals surface area contributed by atoms with Crippen LogP contribution < -0.4 is 0 Å². The predicted octanol–water partition coefficient (Wildman–Crippen LogP) is 3.22. The third-order valence-electron chi connectivity index (χ3n) is 5.15. The van der Waals surface area contributed by atoms with Crippen molar-refractivity contribution in [2.24, 2.45) is 0 Å². The van der Waals surface area contributed by atoms with Gasteiger partial charge in [0.2, 0.25) is 10.0 Å². The summed E-state index contributed by atoms with van der Waals surface area (Å²) in [4.78, 5) is 14.3. The van der Waals surface area contributed by atoms with Crippen LogP contribution in [-0.4, -0.2) is 54.5 Å². The van der Waals surface area contributed by atoms with E-state index in [0.717, 1.165) is 10.8 Å². The van der Waals surface area contributed by atoms with Crippen LogP contribution in [0.4, 0.5) is 4.79 Å². The standard InChI is InChI=1S/C20H24N2O4S.S2/c1-20(2,3)26-19(23)21-12-17-11-16(21)13-22(17)27(24,25)18-9-8-14-6-4-5-7-15(14)10-18;1-2/h4-10,16-17H,11-13H2,1-3H3;/t16-,17-;/m0./s1. The molecule has 29 heavy (non-hydrogen) atoms. The van der Waals surface area contributed by atoms with E-state index in [1.807, 2.05) is 51.1 Å². The van der Waals surface area contributed by atoms with E-state index < -0.39 is 15.6 Å². The van der Waals surface area contributed by atoms with E-state index in [0.29, 0.717) is 24.4 Å². The third-order valence-corrected chi connectivity index (χ3v) is 7.06. The summed E-state index contributed by atoms with van der Waals surface area (Å²) in [6.07, 6.45) is 0.296. The largest absolute Gasteiger partial charge is 0.444 e. The van der Waals surface area contributed by atoms with Crippen molar-refractivity contribution >= 4 is 49.3 Å². The molecule has 2 saturated heterocycles. The van der Waals surface area contributed by atoms with Gasteiger partial charge < -0.3 is 9.64 Å². The molecule has 0 spiro atoms. The number of piperazine rings is 1. The van der Waals surface area contributed by atoms with Gasteiger partial charge in [0.25, 0.3) is 0 Å². The van der Waals surface area contributed by atoms with Gasteiger partial charge in [-0.25, -0.2) is 13.2 Å². The third kappa shape index (κ3) is 4.42. The fourth-order valence-electron chi connectivity index (χ4n) is 3.93. The average molecular weight is 453 g/mol. The lowest BCUT2D eigenvalue weighted by molar-refractivity contribution is 0.0173. The number of carbonyl (C=O) groups is 1. The number of carbonyl (C=O) groups excluding carboxylic acids is 1. The summed E-state index contributed by atoms with van der Waals surface area (Å²) >= 11 is 7.33. The summed E-state index contributed by atoms with van der Waals surface area (Å²) in [7, 11) is -3.59. The van der Waals surface area contributed by atoms with Crippen molar-refractivity contribution < 1.29 is 17.9 Å². The molecule has 1 amide bonds. The van der Waals surface area contributed by atoms with Crippen molar-refractivity contribution in [3.05, 3.63) is 42.5 Å². The van der Waals surface area contributed by atoms with Gasteiger partial charge in [0.1, 0.15) is 5.60 Å². The van der Waals surface area contributed by atoms with E-state index in [-0.39, 0.29) is 18.2 Å². The SMILES string of the molecule is CC(C)(C)OC(=O)N1C[C@@H]2C[C@H]1CN2S(=O)(=O)c1ccc2ccccc2c1.S=S. The van der Waals surface area contributed by atoms with E-state index >= 15 is 0 Å². The van der Waals surface area contributed by atoms with Gasteiger partial charge in [-0.05, 0) is 50.1 Å². The van der Waals surface area contributed by atoms with Gasteiger partial charge in [0.15, 0.2) is 0 Å². The Hall–Kier alpha value is -1.68. The van der Waals surface area contributed by atoms with Crippen LogP contribution in [0.15, 0.2) is 47.4 Å². The average Bonchev–Trinajstić information content (AvgIpc) is 3.29. The minimum Gasteiger partial charge on any atom is -0.444 e. The monoisotopic (exact) mass is 452 g/mol. The van der Waals surface area contributed by atoms with Crippen LogP contribution in [0.3, 0.4) is 0 Å². The molecule has 2 atom stereocenters. The first-order chi connectivity index (χ1) is 13.6. The normalized spacial score (nSPS) is 21.7. The van der Waals surface area contributed by atoms with Gasteiger partial charge >= 0.3 is 6.09 Å². The highest BCUT2D eigenvalue weighted by atomic mass is 32.8. The molecule has 2 bridgehead atoms. The fraction of sp³-hybridized carbons (Fsp3) is 0.450. The van der Waals surface area contributed by atoms with Crippen molar-refractivity contribution in [1.29, 1.82) is 0 Å². The molecule has 156 valence electrons. The number of nitrogens with zero attached hydrogens (tertiary/aromatic N) is 2. The molecule has 2 aromatic carbocycles. The van der Waals surface area contributed by atoms with Crippen LogP contribution >= 0.6 is 0 Å². The molecule has 2 fully saturated rings. The van der Waals surface area contributed by atoms with Crippen molar-refractivity contribution in [1.82, 2.24) is 9.21 Å². The van der Waals surface area contributed by atoms with E-state index in [9.17, 15) is 13.2 Å². The summed E-state index contributed by atoms with van der Waals surface area (Å²) in [5, 5.41) is 1.91. The number of benzene rings is 2. The van der Waals surface area contributed by atoms with Gasteiger partial charge in [-0.15, -0.1) is 0 Å². The number of likely N-dealkylation sites (tertiary alicyclic amines) is 1. The maximum Gasteiger partial charge on any atom is 0.410 e. The van der Waals surface area contributed by atoms with Crippen LogP contribution in [-0.2, 0) is 37.1 Å². The van der Waals surface area contributed by atoms with Crippen LogP contribution in [0, 0.1) is 0 Å². The molecular formula is C20H24N2O4S3. The maximum absolute atomic E-state index is 13.2. The molecule has 2 aromatic rings. The molecule has 4 rings (SSSR count). The van der Waals surface area contributed by atoms with Crippen molar-refractivity contribution in [2.75, 3.05) is 13.1 Å². The Balaban J connectivity index is 0.00000117. The van der Waals surface area contributed by atoms with Crippen molar-refractivity contribution in [3.8, 4) is 0 Å². The molecule has 9 heteroatoms. The second kappa shape index (κ2) is 8.22. The Morgan fingerprint density at radius 1 is 1.03 bits per heavy atom. The minimum absolute atomic E-state index is 0.125. The first-order valence-corrected chi connectivity index (χ1v) is 12.1. The van der Waals surface area contributed by atoms with Gasteiger partial charge in [0.05, 0.1) is 10.9 Å². The Kier molecular flexibility index (Phi) is 6.24. The van der Waals surface area contributed by atoms with Crippen LogP contribution in [0.5, 0.6) is 0 Å². The number of rotatable bonds is 2. The number of hydrogen-bond donors (Lipinski definition) is 0. The molecule has 2 heterocycles. The predicted molar refractivity (Wildman–Crippen MR) is 118 cm³/mol. The highest BCUT2D eigenvalue weighted by molar-refractivity contribution is 8.07. The highest BCUT2D eigenvalue weighted by Gasteiger charge is 2.50. The van der Waals surface area contributed by atoms with Crippen molar-refractivity contribution in [3.63, 3.8) is 0 Å². The molecule has 6 nitrogen and oxygen atoms in total. The van der Waals surface area contributed by atoms with E-state index in [4.69, 9.17) is 4.74 Å². The molecule has 0 N–H and O–H groups in total. The van der Waals surface area contributed by atoms with Gasteiger partial charge in [-0.3, -0.25) is 0 Å². The zero-order valence-corrected chi connectivity index (χ0v) is 19.0. The zero-order chi connectivity index (χ0) is 21.4. The Morgan fingerprint density at radius 2 is 1.69 bits per heavy atom. The summed E-state index contributed by atoms with van der Waals surface area (Å²) < 4.78 is 33.3. The lowest BCUT2D eigenvalue weighted by Crippen LogP contribution is -2.51. The lowest BCUT2D eigenvalue weighted by Gasteiger charge is -2.34. The molecule has 0 saturated carbocycles. The van der Waals surface area contributed by atoms with Gasteiger partial charge in [-0.1, -0.05) is 30.3 Å². The van der Waals surface area contributed by atoms with Crippen LogP contribution in [0.1, 0.15) is 27.2 Å². The molecule has 2 aliphatic heterocycles. The fourth-order valence-corrected chi connectivity index (χ4v) is 5.63. The van der Waals surface area contributed by atoms with Gasteiger partial charge in [-0.2, -0.15) is 4.31 Å². The first kappa shape index (κ1) is 22.0. The molecule has 0 radical (unpaired) electrons. The van der Waals surface area contributed by atoms with Crippen LogP contribution in [0.25, 0.3) is 10.8 Å². The number of hydrogen-bond acceptors (Lipinski definition) is 6. The summed E-state index contributed by atoms with van der Waals surface area (Å²) in [6.45, 7) is 6.19. The topological polar surface area (TPSA) is 66.9 Å². The lowest BCUT2D eigenvalue weighted by atomic mass is 10.1.